The van der Waals surface area contributed by atoms with Crippen LogP contribution in [0.25, 0.3) is 17.2 Å². The van der Waals surface area contributed by atoms with Gasteiger partial charge in [0.05, 0.1) is 24.7 Å². The molecule has 2 fully saturated rings. The van der Waals surface area contributed by atoms with Gasteiger partial charge in [-0.05, 0) is 47.7 Å². The number of morpholine rings is 1. The summed E-state index contributed by atoms with van der Waals surface area (Å²) in [6, 6.07) is 14.4. The Morgan fingerprint density at radius 3 is 2.66 bits per heavy atom. The summed E-state index contributed by atoms with van der Waals surface area (Å²) >= 11 is 6.92. The molecular formula is C29H34N6O4S2. The Kier molecular flexibility index (Phi) is 10.5. The molecule has 0 saturated carbocycles. The van der Waals surface area contributed by atoms with Gasteiger partial charge in [-0.2, -0.15) is 5.21 Å². The van der Waals surface area contributed by atoms with Crippen molar-refractivity contribution in [3.8, 4) is 16.9 Å². The molecule has 216 valence electrons. The first-order valence-corrected chi connectivity index (χ1v) is 15.0. The largest absolute Gasteiger partial charge is 0.492 e. The number of hydrogen-bond acceptors (Lipinski definition) is 10. The van der Waals surface area contributed by atoms with Gasteiger partial charge < -0.3 is 14.2 Å². The smallest absolute Gasteiger partial charge is 0.266 e. The quantitative estimate of drug-likeness (QED) is 0.178. The number of aromatic amines is 1. The van der Waals surface area contributed by atoms with E-state index in [4.69, 9.17) is 26.4 Å². The molecule has 0 aliphatic carbocycles. The summed E-state index contributed by atoms with van der Waals surface area (Å²) in [6.07, 6.45) is 4.23. The number of aryl methyl sites for hydroxylation is 1. The molecule has 0 atom stereocenters. The first-order chi connectivity index (χ1) is 20.1. The number of ether oxygens (including phenoxy) is 3. The third-order valence-corrected chi connectivity index (χ3v) is 8.34. The van der Waals surface area contributed by atoms with Crippen LogP contribution in [0, 0.1) is 0 Å². The van der Waals surface area contributed by atoms with Gasteiger partial charge in [-0.15, -0.1) is 10.2 Å². The molecule has 12 heteroatoms. The molecule has 0 unspecified atom stereocenters. The Labute approximate surface area is 249 Å². The van der Waals surface area contributed by atoms with E-state index in [9.17, 15) is 4.79 Å². The minimum absolute atomic E-state index is 0.0758. The normalized spacial score (nSPS) is 17.1. The number of carbonyl (C=O) groups is 1. The van der Waals surface area contributed by atoms with Crippen molar-refractivity contribution in [1.82, 2.24) is 30.4 Å². The molecule has 1 amide bonds. The number of carbonyl (C=O) groups excluding carboxylic acids is 1. The number of benzene rings is 2. The summed E-state index contributed by atoms with van der Waals surface area (Å²) in [5.74, 6) is 1.33. The zero-order valence-corrected chi connectivity index (χ0v) is 24.7. The van der Waals surface area contributed by atoms with Crippen LogP contribution in [0.4, 0.5) is 0 Å². The van der Waals surface area contributed by atoms with Crippen LogP contribution in [0.2, 0.25) is 0 Å². The Morgan fingerprint density at radius 2 is 1.90 bits per heavy atom. The van der Waals surface area contributed by atoms with E-state index in [2.05, 4.69) is 61.9 Å². The van der Waals surface area contributed by atoms with Crippen LogP contribution in [0.1, 0.15) is 29.8 Å². The lowest BCUT2D eigenvalue weighted by atomic mass is 10.0. The monoisotopic (exact) mass is 594 g/mol. The van der Waals surface area contributed by atoms with Gasteiger partial charge in [0.1, 0.15) is 16.7 Å². The summed E-state index contributed by atoms with van der Waals surface area (Å²) in [4.78, 5) is 18.0. The fraction of sp³-hybridized carbons (Fsp3) is 0.414. The Balaban J connectivity index is 1.31. The summed E-state index contributed by atoms with van der Waals surface area (Å²) < 4.78 is 17.5. The second-order valence-corrected chi connectivity index (χ2v) is 11.5. The standard InChI is InChI=1S/C29H34N6O4S2/c1-37-20-21-5-7-22(8-6-21)23-9-10-25(39-17-14-34-12-15-38-16-13-34)24(18-23)19-26-28(36)35(29(40)41-26)11-3-2-4-27-30-32-33-31-27/h5-10,18-19H,2-4,11-17,20H2,1H3,(H,30,31,32,33)/b26-19-. The summed E-state index contributed by atoms with van der Waals surface area (Å²) in [5.41, 5.74) is 4.08. The van der Waals surface area contributed by atoms with Gasteiger partial charge in [0.2, 0.25) is 0 Å². The number of thioether (sulfide) groups is 1. The minimum Gasteiger partial charge on any atom is -0.492 e. The summed E-state index contributed by atoms with van der Waals surface area (Å²) in [7, 11) is 1.69. The van der Waals surface area contributed by atoms with Gasteiger partial charge in [-0.25, -0.2) is 0 Å². The third-order valence-electron chi connectivity index (χ3n) is 6.96. The van der Waals surface area contributed by atoms with Gasteiger partial charge in [0, 0.05) is 45.3 Å². The maximum Gasteiger partial charge on any atom is 0.266 e. The average Bonchev–Trinajstić information content (AvgIpc) is 3.60. The van der Waals surface area contributed by atoms with E-state index in [-0.39, 0.29) is 5.91 Å². The molecule has 2 saturated heterocycles. The van der Waals surface area contributed by atoms with Crippen LogP contribution >= 0.6 is 24.0 Å². The number of rotatable bonds is 13. The predicted molar refractivity (Wildman–Crippen MR) is 162 cm³/mol. The van der Waals surface area contributed by atoms with Crippen molar-refractivity contribution < 1.29 is 19.0 Å². The maximum absolute atomic E-state index is 13.4. The number of methoxy groups -OCH3 is 1. The second kappa shape index (κ2) is 14.6. The first-order valence-electron chi connectivity index (χ1n) is 13.7. The molecule has 3 aromatic rings. The molecule has 2 aliphatic heterocycles. The van der Waals surface area contributed by atoms with Gasteiger partial charge in [-0.3, -0.25) is 14.6 Å². The number of amides is 1. The van der Waals surface area contributed by atoms with Crippen LogP contribution in [-0.2, 0) is 27.3 Å². The van der Waals surface area contributed by atoms with Gasteiger partial charge in [0.25, 0.3) is 5.91 Å². The highest BCUT2D eigenvalue weighted by atomic mass is 32.2. The van der Waals surface area contributed by atoms with Crippen molar-refractivity contribution in [3.05, 3.63) is 64.3 Å². The number of nitrogens with zero attached hydrogens (tertiary/aromatic N) is 5. The Hall–Kier alpha value is -3.16. The Bertz CT molecular complexity index is 1340. The molecule has 5 rings (SSSR count). The molecule has 0 bridgehead atoms. The van der Waals surface area contributed by atoms with E-state index in [1.807, 2.05) is 12.1 Å². The number of nitrogens with one attached hydrogen (secondary N) is 1. The molecule has 41 heavy (non-hydrogen) atoms. The fourth-order valence-corrected chi connectivity index (χ4v) is 6.02. The highest BCUT2D eigenvalue weighted by molar-refractivity contribution is 8.26. The third kappa shape index (κ3) is 7.98. The SMILES string of the molecule is COCc1ccc(-c2ccc(OCCN3CCOCC3)c(/C=C3\SC(=S)N(CCCCc4nn[nH]n4)C3=O)c2)cc1. The number of aromatic nitrogens is 4. The second-order valence-electron chi connectivity index (χ2n) is 9.80. The van der Waals surface area contributed by atoms with E-state index >= 15 is 0 Å². The molecule has 2 aliphatic rings. The topological polar surface area (TPSA) is 106 Å². The maximum atomic E-state index is 13.4. The molecule has 10 nitrogen and oxygen atoms in total. The lowest BCUT2D eigenvalue weighted by Gasteiger charge is -2.26. The van der Waals surface area contributed by atoms with Crippen LogP contribution < -0.4 is 4.74 Å². The van der Waals surface area contributed by atoms with Crippen molar-refractivity contribution >= 4 is 40.3 Å². The lowest BCUT2D eigenvalue weighted by molar-refractivity contribution is -0.122. The molecule has 1 N–H and O–H groups in total. The lowest BCUT2D eigenvalue weighted by Crippen LogP contribution is -2.38. The number of hydrogen-bond donors (Lipinski definition) is 1. The van der Waals surface area contributed by atoms with Crippen LogP contribution in [-0.4, -0.2) is 93.8 Å². The van der Waals surface area contributed by atoms with Crippen molar-refractivity contribution in [2.24, 2.45) is 0 Å². The number of tetrazole rings is 1. The predicted octanol–water partition coefficient (Wildman–Crippen LogP) is 3.95. The molecule has 2 aromatic carbocycles. The Morgan fingerprint density at radius 1 is 1.10 bits per heavy atom. The van der Waals surface area contributed by atoms with E-state index in [1.54, 1.807) is 12.0 Å². The van der Waals surface area contributed by atoms with Gasteiger partial charge in [-0.1, -0.05) is 59.5 Å². The van der Waals surface area contributed by atoms with Crippen molar-refractivity contribution in [2.75, 3.05) is 53.1 Å². The number of H-pyrrole nitrogens is 1. The van der Waals surface area contributed by atoms with Crippen molar-refractivity contribution in [3.63, 3.8) is 0 Å². The molecule has 0 spiro atoms. The molecular weight excluding hydrogens is 560 g/mol. The molecule has 3 heterocycles. The highest BCUT2D eigenvalue weighted by Gasteiger charge is 2.31. The van der Waals surface area contributed by atoms with Crippen LogP contribution in [0.3, 0.4) is 0 Å². The van der Waals surface area contributed by atoms with E-state index in [1.165, 1.54) is 11.8 Å². The number of thiocarbonyl (C=S) groups is 1. The van der Waals surface area contributed by atoms with E-state index in [0.29, 0.717) is 41.2 Å². The number of unbranched alkanes of at least 4 members (excludes halogenated alkanes) is 1. The van der Waals surface area contributed by atoms with Gasteiger partial charge >= 0.3 is 0 Å². The van der Waals surface area contributed by atoms with Crippen LogP contribution in [0.5, 0.6) is 5.75 Å². The molecule has 0 radical (unpaired) electrons. The zero-order chi connectivity index (χ0) is 28.4. The minimum atomic E-state index is -0.0758. The highest BCUT2D eigenvalue weighted by Crippen LogP contribution is 2.36. The van der Waals surface area contributed by atoms with E-state index in [0.717, 1.165) is 73.7 Å². The van der Waals surface area contributed by atoms with Crippen molar-refractivity contribution in [1.29, 1.82) is 0 Å². The first kappa shape index (κ1) is 29.3. The zero-order valence-electron chi connectivity index (χ0n) is 23.1. The fourth-order valence-electron chi connectivity index (χ4n) is 4.72. The van der Waals surface area contributed by atoms with E-state index < -0.39 is 0 Å². The summed E-state index contributed by atoms with van der Waals surface area (Å²) in [6.45, 7) is 5.81. The molecule has 1 aromatic heterocycles. The summed E-state index contributed by atoms with van der Waals surface area (Å²) in [5, 5.41) is 14.0. The van der Waals surface area contributed by atoms with Gasteiger partial charge in [0.15, 0.2) is 5.82 Å². The van der Waals surface area contributed by atoms with Crippen LogP contribution in [0.15, 0.2) is 47.4 Å². The average molecular weight is 595 g/mol. The van der Waals surface area contributed by atoms with Crippen molar-refractivity contribution in [2.45, 2.75) is 25.9 Å².